The van der Waals surface area contributed by atoms with E-state index in [2.05, 4.69) is 48.1 Å². The zero-order chi connectivity index (χ0) is 12.8. The molecule has 1 N–H and O–H groups in total. The summed E-state index contributed by atoms with van der Waals surface area (Å²) in [7, 11) is 4.21. The summed E-state index contributed by atoms with van der Waals surface area (Å²) in [6, 6.07) is 2.45. The lowest BCUT2D eigenvalue weighted by atomic mass is 10.0. The quantitative estimate of drug-likeness (QED) is 0.812. The van der Waals surface area contributed by atoms with Crippen molar-refractivity contribution in [2.24, 2.45) is 5.92 Å². The van der Waals surface area contributed by atoms with Gasteiger partial charge in [0.2, 0.25) is 0 Å². The molecule has 0 aromatic carbocycles. The molecule has 1 atom stereocenters. The number of aromatic nitrogens is 2. The Balaban J connectivity index is 2.51. The molecule has 0 bridgehead atoms. The van der Waals surface area contributed by atoms with Gasteiger partial charge in [0.25, 0.3) is 0 Å². The van der Waals surface area contributed by atoms with Crippen molar-refractivity contribution in [3.63, 3.8) is 0 Å². The Morgan fingerprint density at radius 1 is 1.35 bits per heavy atom. The summed E-state index contributed by atoms with van der Waals surface area (Å²) in [6.07, 6.45) is 1.82. The molecule has 1 unspecified atom stereocenters. The van der Waals surface area contributed by atoms with Crippen LogP contribution < -0.4 is 5.32 Å². The van der Waals surface area contributed by atoms with Crippen molar-refractivity contribution in [2.75, 3.05) is 20.6 Å². The third-order valence-corrected chi connectivity index (χ3v) is 2.75. The molecule has 0 amide bonds. The molecule has 1 aromatic rings. The van der Waals surface area contributed by atoms with E-state index in [1.807, 2.05) is 19.2 Å². The monoisotopic (exact) mass is 236 g/mol. The smallest absolute Gasteiger partial charge is 0.125 e. The second-order valence-corrected chi connectivity index (χ2v) is 5.09. The summed E-state index contributed by atoms with van der Waals surface area (Å²) in [6.45, 7) is 8.25. The maximum Gasteiger partial charge on any atom is 0.125 e. The average molecular weight is 236 g/mol. The molecule has 4 nitrogen and oxygen atoms in total. The summed E-state index contributed by atoms with van der Waals surface area (Å²) in [5.41, 5.74) is 1.06. The number of hydrogen-bond donors (Lipinski definition) is 1. The molecule has 17 heavy (non-hydrogen) atoms. The fraction of sp³-hybridized carbons (Fsp3) is 0.692. The largest absolute Gasteiger partial charge is 0.308 e. The molecule has 0 aliphatic rings. The number of likely N-dealkylation sites (N-methyl/N-ethyl adjacent to an activating group) is 1. The van der Waals surface area contributed by atoms with Gasteiger partial charge in [0.1, 0.15) is 5.82 Å². The molecule has 0 spiro atoms. The van der Waals surface area contributed by atoms with Crippen molar-refractivity contribution in [3.8, 4) is 0 Å². The van der Waals surface area contributed by atoms with Gasteiger partial charge in [-0.25, -0.2) is 9.97 Å². The second-order valence-electron chi connectivity index (χ2n) is 5.09. The van der Waals surface area contributed by atoms with Crippen LogP contribution in [0.15, 0.2) is 12.3 Å². The third-order valence-electron chi connectivity index (χ3n) is 2.75. The van der Waals surface area contributed by atoms with Gasteiger partial charge >= 0.3 is 0 Å². The van der Waals surface area contributed by atoms with Gasteiger partial charge in [-0.2, -0.15) is 0 Å². The highest BCUT2D eigenvalue weighted by molar-refractivity contribution is 5.01. The van der Waals surface area contributed by atoms with Crippen LogP contribution in [0.3, 0.4) is 0 Å². The summed E-state index contributed by atoms with van der Waals surface area (Å²) < 4.78 is 0. The van der Waals surface area contributed by atoms with Crippen molar-refractivity contribution >= 4 is 0 Å². The molecular formula is C13H24N4. The van der Waals surface area contributed by atoms with Crippen LogP contribution in [0.5, 0.6) is 0 Å². The summed E-state index contributed by atoms with van der Waals surface area (Å²) in [5, 5.41) is 3.56. The summed E-state index contributed by atoms with van der Waals surface area (Å²) in [5.74, 6) is 1.44. The van der Waals surface area contributed by atoms with Crippen LogP contribution in [0.2, 0.25) is 0 Å². The van der Waals surface area contributed by atoms with Crippen LogP contribution in [0.1, 0.15) is 25.4 Å². The standard InChI is InChI=1S/C13H24N4/c1-10(2)13(9-17(4)5)15-8-12-6-7-14-11(3)16-12/h6-7,10,13,15H,8-9H2,1-5H3. The van der Waals surface area contributed by atoms with Gasteiger partial charge in [-0.05, 0) is 33.0 Å². The van der Waals surface area contributed by atoms with Gasteiger partial charge in [0.15, 0.2) is 0 Å². The van der Waals surface area contributed by atoms with E-state index >= 15 is 0 Å². The van der Waals surface area contributed by atoms with Gasteiger partial charge in [-0.1, -0.05) is 13.8 Å². The highest BCUT2D eigenvalue weighted by Gasteiger charge is 2.13. The van der Waals surface area contributed by atoms with Crippen LogP contribution in [0.4, 0.5) is 0 Å². The Morgan fingerprint density at radius 3 is 2.59 bits per heavy atom. The van der Waals surface area contributed by atoms with E-state index in [1.165, 1.54) is 0 Å². The van der Waals surface area contributed by atoms with Gasteiger partial charge in [-0.3, -0.25) is 0 Å². The van der Waals surface area contributed by atoms with Gasteiger partial charge < -0.3 is 10.2 Å². The Kier molecular flexibility index (Phi) is 5.51. The maximum absolute atomic E-state index is 4.40. The molecule has 0 aliphatic heterocycles. The molecule has 0 saturated carbocycles. The molecule has 0 radical (unpaired) electrons. The normalized spacial score (nSPS) is 13.4. The molecular weight excluding hydrogens is 212 g/mol. The number of nitrogens with zero attached hydrogens (tertiary/aromatic N) is 3. The summed E-state index contributed by atoms with van der Waals surface area (Å²) in [4.78, 5) is 10.7. The van der Waals surface area contributed by atoms with Crippen LogP contribution in [0.25, 0.3) is 0 Å². The molecule has 4 heteroatoms. The first-order valence-electron chi connectivity index (χ1n) is 6.15. The van der Waals surface area contributed by atoms with E-state index in [0.717, 1.165) is 24.6 Å². The Labute approximate surface area is 104 Å². The lowest BCUT2D eigenvalue weighted by Crippen LogP contribution is -2.41. The topological polar surface area (TPSA) is 41.1 Å². The Bertz CT molecular complexity index is 336. The van der Waals surface area contributed by atoms with Crippen molar-refractivity contribution in [2.45, 2.75) is 33.4 Å². The van der Waals surface area contributed by atoms with E-state index < -0.39 is 0 Å². The third kappa shape index (κ3) is 5.24. The van der Waals surface area contributed by atoms with Crippen molar-refractivity contribution < 1.29 is 0 Å². The highest BCUT2D eigenvalue weighted by atomic mass is 15.1. The number of nitrogens with one attached hydrogen (secondary N) is 1. The number of rotatable bonds is 6. The van der Waals surface area contributed by atoms with Gasteiger partial charge in [0.05, 0.1) is 5.69 Å². The van der Waals surface area contributed by atoms with Crippen LogP contribution >= 0.6 is 0 Å². The van der Waals surface area contributed by atoms with Crippen molar-refractivity contribution in [1.29, 1.82) is 0 Å². The Hall–Kier alpha value is -1.00. The lowest BCUT2D eigenvalue weighted by molar-refractivity contribution is 0.287. The fourth-order valence-corrected chi connectivity index (χ4v) is 1.74. The number of hydrogen-bond acceptors (Lipinski definition) is 4. The van der Waals surface area contributed by atoms with E-state index in [0.29, 0.717) is 12.0 Å². The average Bonchev–Trinajstić information content (AvgIpc) is 2.23. The predicted octanol–water partition coefficient (Wildman–Crippen LogP) is 1.46. The maximum atomic E-state index is 4.40. The second kappa shape index (κ2) is 6.67. The Morgan fingerprint density at radius 2 is 2.06 bits per heavy atom. The first-order chi connectivity index (χ1) is 7.99. The van der Waals surface area contributed by atoms with Gasteiger partial charge in [-0.15, -0.1) is 0 Å². The minimum Gasteiger partial charge on any atom is -0.308 e. The van der Waals surface area contributed by atoms with E-state index in [4.69, 9.17) is 0 Å². The molecule has 1 heterocycles. The minimum absolute atomic E-state index is 0.486. The zero-order valence-electron chi connectivity index (χ0n) is 11.6. The first kappa shape index (κ1) is 14.1. The SMILES string of the molecule is Cc1nccc(CNC(CN(C)C)C(C)C)n1. The molecule has 0 saturated heterocycles. The number of aryl methyl sites for hydroxylation is 1. The fourth-order valence-electron chi connectivity index (χ4n) is 1.74. The van der Waals surface area contributed by atoms with E-state index in [1.54, 1.807) is 0 Å². The van der Waals surface area contributed by atoms with Crippen molar-refractivity contribution in [3.05, 3.63) is 23.8 Å². The predicted molar refractivity (Wildman–Crippen MR) is 70.8 cm³/mol. The zero-order valence-corrected chi connectivity index (χ0v) is 11.6. The van der Waals surface area contributed by atoms with Crippen LogP contribution in [-0.2, 0) is 6.54 Å². The van der Waals surface area contributed by atoms with E-state index in [-0.39, 0.29) is 0 Å². The van der Waals surface area contributed by atoms with E-state index in [9.17, 15) is 0 Å². The lowest BCUT2D eigenvalue weighted by Gasteiger charge is -2.25. The van der Waals surface area contributed by atoms with Crippen LogP contribution in [0, 0.1) is 12.8 Å². The van der Waals surface area contributed by atoms with Gasteiger partial charge in [0, 0.05) is 25.3 Å². The molecule has 0 fully saturated rings. The highest BCUT2D eigenvalue weighted by Crippen LogP contribution is 2.04. The molecule has 96 valence electrons. The van der Waals surface area contributed by atoms with Crippen molar-refractivity contribution in [1.82, 2.24) is 20.2 Å². The first-order valence-corrected chi connectivity index (χ1v) is 6.15. The molecule has 1 rings (SSSR count). The molecule has 1 aromatic heterocycles. The van der Waals surface area contributed by atoms with Crippen LogP contribution in [-0.4, -0.2) is 41.5 Å². The summed E-state index contributed by atoms with van der Waals surface area (Å²) >= 11 is 0. The molecule has 0 aliphatic carbocycles. The minimum atomic E-state index is 0.486.